The van der Waals surface area contributed by atoms with Gasteiger partial charge in [0.1, 0.15) is 0 Å². The molecule has 3 aromatic carbocycles. The van der Waals surface area contributed by atoms with Gasteiger partial charge in [-0.05, 0) is 78.4 Å². The van der Waals surface area contributed by atoms with Crippen molar-refractivity contribution in [2.24, 2.45) is 0 Å². The summed E-state index contributed by atoms with van der Waals surface area (Å²) in [6.07, 6.45) is 1.61. The van der Waals surface area contributed by atoms with Gasteiger partial charge in [0.05, 0.1) is 23.6 Å². The van der Waals surface area contributed by atoms with Gasteiger partial charge in [-0.15, -0.1) is 0 Å². The molecule has 1 aliphatic rings. The second kappa shape index (κ2) is 11.0. The minimum absolute atomic E-state index is 0.155. The Bertz CT molecular complexity index is 1320. The highest BCUT2D eigenvalue weighted by molar-refractivity contribution is 8.18. The third-order valence-corrected chi connectivity index (χ3v) is 6.35. The van der Waals surface area contributed by atoms with Gasteiger partial charge in [-0.25, -0.2) is 4.79 Å². The van der Waals surface area contributed by atoms with E-state index in [1.54, 1.807) is 73.7 Å². The van der Waals surface area contributed by atoms with Crippen LogP contribution in [0.15, 0.2) is 71.6 Å². The average Bonchev–Trinajstić information content (AvgIpc) is 3.09. The predicted octanol–water partition coefficient (Wildman–Crippen LogP) is 6.85. The van der Waals surface area contributed by atoms with E-state index in [1.807, 2.05) is 0 Å². The van der Waals surface area contributed by atoms with Crippen molar-refractivity contribution in [3.8, 4) is 11.5 Å². The number of ether oxygens (including phenoxy) is 2. The van der Waals surface area contributed by atoms with Gasteiger partial charge in [-0.3, -0.25) is 14.5 Å². The smallest absolute Gasteiger partial charge is 0.343 e. The zero-order valence-electron chi connectivity index (χ0n) is 18.5. The van der Waals surface area contributed by atoms with Crippen LogP contribution in [-0.2, 0) is 11.3 Å². The molecule has 9 heteroatoms. The van der Waals surface area contributed by atoms with Crippen LogP contribution in [0.2, 0.25) is 10.0 Å². The zero-order valence-corrected chi connectivity index (χ0v) is 20.8. The van der Waals surface area contributed by atoms with Crippen molar-refractivity contribution in [3.05, 3.63) is 98.4 Å². The average molecular weight is 528 g/mol. The molecule has 1 heterocycles. The minimum Gasteiger partial charge on any atom is -0.490 e. The Kier molecular flexibility index (Phi) is 7.80. The first-order chi connectivity index (χ1) is 16.8. The molecular formula is C26H19Cl2NO5S. The Balaban J connectivity index is 1.53. The lowest BCUT2D eigenvalue weighted by Gasteiger charge is -2.13. The summed E-state index contributed by atoms with van der Waals surface area (Å²) in [5.74, 6) is -0.407. The van der Waals surface area contributed by atoms with Crippen LogP contribution < -0.4 is 9.47 Å². The minimum atomic E-state index is -0.579. The maximum atomic E-state index is 12.9. The van der Waals surface area contributed by atoms with E-state index in [4.69, 9.17) is 32.7 Å². The van der Waals surface area contributed by atoms with E-state index in [1.165, 1.54) is 11.0 Å². The predicted molar refractivity (Wildman–Crippen MR) is 137 cm³/mol. The summed E-state index contributed by atoms with van der Waals surface area (Å²) in [7, 11) is 0. The van der Waals surface area contributed by atoms with Gasteiger partial charge in [0.2, 0.25) is 0 Å². The van der Waals surface area contributed by atoms with Gasteiger partial charge >= 0.3 is 5.97 Å². The van der Waals surface area contributed by atoms with Crippen LogP contribution in [-0.4, -0.2) is 28.6 Å². The third kappa shape index (κ3) is 6.06. The number of halogens is 2. The highest BCUT2D eigenvalue weighted by atomic mass is 35.5. The van der Waals surface area contributed by atoms with Crippen molar-refractivity contribution in [1.82, 2.24) is 4.90 Å². The van der Waals surface area contributed by atoms with Crippen LogP contribution in [0.3, 0.4) is 0 Å². The highest BCUT2D eigenvalue weighted by Gasteiger charge is 2.35. The molecule has 0 N–H and O–H groups in total. The number of benzene rings is 3. The number of amides is 2. The van der Waals surface area contributed by atoms with Crippen molar-refractivity contribution < 1.29 is 23.9 Å². The Morgan fingerprint density at radius 2 is 1.74 bits per heavy atom. The molecule has 1 fully saturated rings. The number of nitrogens with zero attached hydrogens (tertiary/aromatic N) is 1. The van der Waals surface area contributed by atoms with Crippen LogP contribution >= 0.6 is 35.0 Å². The number of carbonyl (C=O) groups excluding carboxylic acids is 3. The van der Waals surface area contributed by atoms with Gasteiger partial charge in [0.15, 0.2) is 11.5 Å². The Hall–Kier alpha value is -3.26. The summed E-state index contributed by atoms with van der Waals surface area (Å²) in [5.41, 5.74) is 1.72. The number of esters is 1. The van der Waals surface area contributed by atoms with E-state index in [-0.39, 0.29) is 28.3 Å². The summed E-state index contributed by atoms with van der Waals surface area (Å²) in [6, 6.07) is 18.3. The molecule has 0 aromatic heterocycles. The molecule has 1 aliphatic heterocycles. The highest BCUT2D eigenvalue weighted by Crippen LogP contribution is 2.35. The molecule has 6 nitrogen and oxygen atoms in total. The van der Waals surface area contributed by atoms with E-state index >= 15 is 0 Å². The molecular weight excluding hydrogens is 509 g/mol. The number of carbonyl (C=O) groups is 3. The molecule has 0 bridgehead atoms. The van der Waals surface area contributed by atoms with Gasteiger partial charge in [-0.1, -0.05) is 47.5 Å². The number of hydrogen-bond donors (Lipinski definition) is 0. The van der Waals surface area contributed by atoms with Crippen LogP contribution in [0.1, 0.15) is 28.4 Å². The van der Waals surface area contributed by atoms with Gasteiger partial charge in [0.25, 0.3) is 11.1 Å². The van der Waals surface area contributed by atoms with Crippen LogP contribution in [0, 0.1) is 0 Å². The molecule has 0 spiro atoms. The number of thioether (sulfide) groups is 1. The molecule has 4 rings (SSSR count). The Morgan fingerprint density at radius 1 is 0.971 bits per heavy atom. The molecule has 0 unspecified atom stereocenters. The number of rotatable bonds is 7. The first kappa shape index (κ1) is 24.9. The van der Waals surface area contributed by atoms with Gasteiger partial charge < -0.3 is 9.47 Å². The second-order valence-electron chi connectivity index (χ2n) is 7.43. The lowest BCUT2D eigenvalue weighted by molar-refractivity contribution is -0.123. The monoisotopic (exact) mass is 527 g/mol. The summed E-state index contributed by atoms with van der Waals surface area (Å²) in [4.78, 5) is 39.3. The number of imide groups is 1. The molecule has 178 valence electrons. The topological polar surface area (TPSA) is 72.9 Å². The van der Waals surface area contributed by atoms with E-state index in [0.29, 0.717) is 33.5 Å². The summed E-state index contributed by atoms with van der Waals surface area (Å²) < 4.78 is 11.2. The summed E-state index contributed by atoms with van der Waals surface area (Å²) in [6.45, 7) is 2.29. The summed E-state index contributed by atoms with van der Waals surface area (Å²) >= 11 is 12.7. The molecule has 35 heavy (non-hydrogen) atoms. The van der Waals surface area contributed by atoms with E-state index in [2.05, 4.69) is 0 Å². The quantitative estimate of drug-likeness (QED) is 0.190. The zero-order chi connectivity index (χ0) is 24.9. The Labute approximate surface area is 216 Å². The fraction of sp³-hybridized carbons (Fsp3) is 0.115. The van der Waals surface area contributed by atoms with Crippen molar-refractivity contribution >= 4 is 58.2 Å². The maximum absolute atomic E-state index is 12.9. The van der Waals surface area contributed by atoms with Gasteiger partial charge in [-0.2, -0.15) is 0 Å². The standard InChI is InChI=1S/C26H19Cl2NO5S/c1-2-33-22-12-17(8-11-21(22)34-25(31)18-4-3-5-20(28)14-18)13-23-24(30)29(26(32)35-23)15-16-6-9-19(27)10-7-16/h3-14H,2,15H2,1H3/b23-13-. The van der Waals surface area contributed by atoms with Crippen LogP contribution in [0.4, 0.5) is 4.79 Å². The van der Waals surface area contributed by atoms with Crippen molar-refractivity contribution in [3.63, 3.8) is 0 Å². The Morgan fingerprint density at radius 3 is 2.46 bits per heavy atom. The molecule has 0 saturated carbocycles. The SMILES string of the molecule is CCOc1cc(/C=C2\SC(=O)N(Cc3ccc(Cl)cc3)C2=O)ccc1OC(=O)c1cccc(Cl)c1. The van der Waals surface area contributed by atoms with Crippen LogP contribution in [0.25, 0.3) is 6.08 Å². The third-order valence-electron chi connectivity index (χ3n) is 4.96. The van der Waals surface area contributed by atoms with Gasteiger partial charge in [0, 0.05) is 10.0 Å². The first-order valence-corrected chi connectivity index (χ1v) is 12.2. The fourth-order valence-electron chi connectivity index (χ4n) is 3.30. The molecule has 2 amide bonds. The normalized spacial score (nSPS) is 14.5. The molecule has 0 aliphatic carbocycles. The van der Waals surface area contributed by atoms with E-state index in [0.717, 1.165) is 17.3 Å². The van der Waals surface area contributed by atoms with Crippen molar-refractivity contribution in [2.75, 3.05) is 6.61 Å². The van der Waals surface area contributed by atoms with Crippen molar-refractivity contribution in [2.45, 2.75) is 13.5 Å². The first-order valence-electron chi connectivity index (χ1n) is 10.6. The summed E-state index contributed by atoms with van der Waals surface area (Å²) in [5, 5.41) is 0.646. The van der Waals surface area contributed by atoms with Crippen molar-refractivity contribution in [1.29, 1.82) is 0 Å². The largest absolute Gasteiger partial charge is 0.490 e. The van der Waals surface area contributed by atoms with E-state index < -0.39 is 5.97 Å². The fourth-order valence-corrected chi connectivity index (χ4v) is 4.46. The molecule has 1 saturated heterocycles. The second-order valence-corrected chi connectivity index (χ2v) is 9.30. The van der Waals surface area contributed by atoms with Crippen LogP contribution in [0.5, 0.6) is 11.5 Å². The lowest BCUT2D eigenvalue weighted by atomic mass is 10.1. The molecule has 3 aromatic rings. The number of hydrogen-bond acceptors (Lipinski definition) is 6. The molecule has 0 atom stereocenters. The lowest BCUT2D eigenvalue weighted by Crippen LogP contribution is -2.27. The van der Waals surface area contributed by atoms with E-state index in [9.17, 15) is 14.4 Å². The molecule has 0 radical (unpaired) electrons. The maximum Gasteiger partial charge on any atom is 0.343 e.